The summed E-state index contributed by atoms with van der Waals surface area (Å²) in [5.41, 5.74) is 0.423. The van der Waals surface area contributed by atoms with Crippen LogP contribution in [-0.4, -0.2) is 50.8 Å². The minimum Gasteiger partial charge on any atom is -0.381 e. The second-order valence-electron chi connectivity index (χ2n) is 5.89. The predicted octanol–water partition coefficient (Wildman–Crippen LogP) is 2.12. The Labute approximate surface area is 107 Å². The molecule has 0 aromatic carbocycles. The third kappa shape index (κ3) is 5.36. The van der Waals surface area contributed by atoms with E-state index in [0.29, 0.717) is 11.5 Å². The lowest BCUT2D eigenvalue weighted by molar-refractivity contribution is -0.00139. The lowest BCUT2D eigenvalue weighted by Gasteiger charge is -2.40. The van der Waals surface area contributed by atoms with Crippen LogP contribution in [0.1, 0.15) is 40.0 Å². The maximum absolute atomic E-state index is 5.53. The summed E-state index contributed by atoms with van der Waals surface area (Å²) in [6.07, 6.45) is 3.63. The van der Waals surface area contributed by atoms with E-state index in [-0.39, 0.29) is 0 Å². The molecule has 0 aromatic heterocycles. The van der Waals surface area contributed by atoms with Gasteiger partial charge in [-0.05, 0) is 38.3 Å². The number of ether oxygens (including phenoxy) is 1. The number of nitrogens with zero attached hydrogens (tertiary/aromatic N) is 1. The molecule has 0 amide bonds. The molecule has 102 valence electrons. The van der Waals surface area contributed by atoms with E-state index in [2.05, 4.69) is 38.0 Å². The smallest absolute Gasteiger partial charge is 0.0472 e. The number of hydrogen-bond donors (Lipinski definition) is 1. The summed E-state index contributed by atoms with van der Waals surface area (Å²) in [5.74, 6) is 0. The molecule has 1 fully saturated rings. The molecule has 1 rings (SSSR count). The fourth-order valence-corrected chi connectivity index (χ4v) is 2.65. The van der Waals surface area contributed by atoms with Crippen molar-refractivity contribution in [3.05, 3.63) is 0 Å². The van der Waals surface area contributed by atoms with Gasteiger partial charge in [0.25, 0.3) is 0 Å². The second kappa shape index (κ2) is 7.34. The van der Waals surface area contributed by atoms with E-state index in [1.165, 1.54) is 32.4 Å². The third-order valence-electron chi connectivity index (χ3n) is 3.65. The summed E-state index contributed by atoms with van der Waals surface area (Å²) in [6, 6.07) is 0.575. The molecular weight excluding hydrogens is 212 g/mol. The van der Waals surface area contributed by atoms with Crippen molar-refractivity contribution in [2.75, 3.05) is 39.9 Å². The molecule has 0 atom stereocenters. The van der Waals surface area contributed by atoms with Crippen LogP contribution in [0.2, 0.25) is 0 Å². The van der Waals surface area contributed by atoms with Crippen LogP contribution in [0.15, 0.2) is 0 Å². The van der Waals surface area contributed by atoms with Crippen LogP contribution in [0.25, 0.3) is 0 Å². The molecule has 1 saturated heterocycles. The van der Waals surface area contributed by atoms with Gasteiger partial charge in [0.15, 0.2) is 0 Å². The molecule has 1 heterocycles. The Hall–Kier alpha value is -0.120. The minimum atomic E-state index is 0.423. The topological polar surface area (TPSA) is 24.5 Å². The SMILES string of the molecule is CCCN(C)CC1(CNC(C)C)CCOCC1. The first kappa shape index (κ1) is 14.9. The molecule has 0 saturated carbocycles. The number of rotatable bonds is 7. The van der Waals surface area contributed by atoms with E-state index in [9.17, 15) is 0 Å². The average Bonchev–Trinajstić information content (AvgIpc) is 2.28. The van der Waals surface area contributed by atoms with Crippen LogP contribution in [0.4, 0.5) is 0 Å². The van der Waals surface area contributed by atoms with E-state index in [0.717, 1.165) is 19.8 Å². The van der Waals surface area contributed by atoms with Crippen molar-refractivity contribution in [3.63, 3.8) is 0 Å². The van der Waals surface area contributed by atoms with Gasteiger partial charge in [0.05, 0.1) is 0 Å². The lowest BCUT2D eigenvalue weighted by atomic mass is 9.79. The van der Waals surface area contributed by atoms with Gasteiger partial charge in [0.2, 0.25) is 0 Å². The van der Waals surface area contributed by atoms with Gasteiger partial charge in [-0.1, -0.05) is 20.8 Å². The first-order valence-corrected chi connectivity index (χ1v) is 7.08. The zero-order chi connectivity index (χ0) is 12.7. The summed E-state index contributed by atoms with van der Waals surface area (Å²) in [4.78, 5) is 2.48. The summed E-state index contributed by atoms with van der Waals surface area (Å²) in [5, 5.41) is 3.62. The Morgan fingerprint density at radius 1 is 1.29 bits per heavy atom. The van der Waals surface area contributed by atoms with Crippen molar-refractivity contribution in [2.24, 2.45) is 5.41 Å². The maximum atomic E-state index is 5.53. The molecule has 0 bridgehead atoms. The normalized spacial score (nSPS) is 20.1. The fraction of sp³-hybridized carbons (Fsp3) is 1.00. The lowest BCUT2D eigenvalue weighted by Crippen LogP contribution is -2.47. The Morgan fingerprint density at radius 3 is 2.47 bits per heavy atom. The van der Waals surface area contributed by atoms with Gasteiger partial charge in [0.1, 0.15) is 0 Å². The van der Waals surface area contributed by atoms with Gasteiger partial charge in [-0.2, -0.15) is 0 Å². The van der Waals surface area contributed by atoms with E-state index in [1.807, 2.05) is 0 Å². The second-order valence-corrected chi connectivity index (χ2v) is 5.89. The van der Waals surface area contributed by atoms with Crippen LogP contribution in [0.5, 0.6) is 0 Å². The van der Waals surface area contributed by atoms with Gasteiger partial charge in [-0.15, -0.1) is 0 Å². The highest BCUT2D eigenvalue weighted by molar-refractivity contribution is 4.87. The highest BCUT2D eigenvalue weighted by atomic mass is 16.5. The molecule has 3 nitrogen and oxygen atoms in total. The standard InChI is InChI=1S/C14H30N2O/c1-5-8-16(4)12-14(11-15-13(2)3)6-9-17-10-7-14/h13,15H,5-12H2,1-4H3. The molecule has 3 heteroatoms. The zero-order valence-corrected chi connectivity index (χ0v) is 12.1. The molecule has 0 unspecified atom stereocenters. The van der Waals surface area contributed by atoms with Crippen molar-refractivity contribution in [3.8, 4) is 0 Å². The van der Waals surface area contributed by atoms with Crippen molar-refractivity contribution in [1.82, 2.24) is 10.2 Å². The van der Waals surface area contributed by atoms with Crippen LogP contribution in [0.3, 0.4) is 0 Å². The predicted molar refractivity (Wildman–Crippen MR) is 73.4 cm³/mol. The minimum absolute atomic E-state index is 0.423. The van der Waals surface area contributed by atoms with Crippen molar-refractivity contribution in [1.29, 1.82) is 0 Å². The van der Waals surface area contributed by atoms with Crippen LogP contribution in [-0.2, 0) is 4.74 Å². The highest BCUT2D eigenvalue weighted by Gasteiger charge is 2.33. The van der Waals surface area contributed by atoms with Crippen LogP contribution >= 0.6 is 0 Å². The van der Waals surface area contributed by atoms with Gasteiger partial charge in [-0.25, -0.2) is 0 Å². The number of hydrogen-bond acceptors (Lipinski definition) is 3. The molecule has 0 spiro atoms. The van der Waals surface area contributed by atoms with E-state index < -0.39 is 0 Å². The zero-order valence-electron chi connectivity index (χ0n) is 12.1. The Balaban J connectivity index is 2.51. The van der Waals surface area contributed by atoms with Crippen molar-refractivity contribution < 1.29 is 4.74 Å². The maximum Gasteiger partial charge on any atom is 0.0472 e. The highest BCUT2D eigenvalue weighted by Crippen LogP contribution is 2.30. The largest absolute Gasteiger partial charge is 0.381 e. The summed E-state index contributed by atoms with van der Waals surface area (Å²) in [7, 11) is 2.25. The first-order chi connectivity index (χ1) is 8.08. The van der Waals surface area contributed by atoms with Gasteiger partial charge in [0, 0.05) is 32.3 Å². The van der Waals surface area contributed by atoms with Crippen molar-refractivity contribution >= 4 is 0 Å². The molecular formula is C14H30N2O. The average molecular weight is 242 g/mol. The van der Waals surface area contributed by atoms with Crippen LogP contribution < -0.4 is 5.32 Å². The Kier molecular flexibility index (Phi) is 6.45. The van der Waals surface area contributed by atoms with Gasteiger partial charge in [-0.3, -0.25) is 0 Å². The molecule has 0 aromatic rings. The summed E-state index contributed by atoms with van der Waals surface area (Å²) >= 11 is 0. The monoisotopic (exact) mass is 242 g/mol. The van der Waals surface area contributed by atoms with Gasteiger partial charge >= 0.3 is 0 Å². The summed E-state index contributed by atoms with van der Waals surface area (Å²) < 4.78 is 5.53. The molecule has 17 heavy (non-hydrogen) atoms. The van der Waals surface area contributed by atoms with Crippen molar-refractivity contribution in [2.45, 2.75) is 46.1 Å². The van der Waals surface area contributed by atoms with Crippen LogP contribution in [0, 0.1) is 5.41 Å². The molecule has 0 aliphatic carbocycles. The fourth-order valence-electron chi connectivity index (χ4n) is 2.65. The molecule has 1 aliphatic heterocycles. The van der Waals surface area contributed by atoms with Gasteiger partial charge < -0.3 is 15.0 Å². The van der Waals surface area contributed by atoms with E-state index in [4.69, 9.17) is 4.74 Å². The molecule has 1 aliphatic rings. The third-order valence-corrected chi connectivity index (χ3v) is 3.65. The van der Waals surface area contributed by atoms with E-state index >= 15 is 0 Å². The van der Waals surface area contributed by atoms with E-state index in [1.54, 1.807) is 0 Å². The molecule has 0 radical (unpaired) electrons. The Morgan fingerprint density at radius 2 is 1.94 bits per heavy atom. The number of nitrogens with one attached hydrogen (secondary N) is 1. The summed E-state index contributed by atoms with van der Waals surface area (Å²) in [6.45, 7) is 12.1. The Bertz CT molecular complexity index is 200. The molecule has 1 N–H and O–H groups in total. The quantitative estimate of drug-likeness (QED) is 0.740. The first-order valence-electron chi connectivity index (χ1n) is 7.08.